The fourth-order valence-electron chi connectivity index (χ4n) is 4.90. The van der Waals surface area contributed by atoms with Crippen LogP contribution in [0.1, 0.15) is 27.5 Å². The Kier molecular flexibility index (Phi) is 8.68. The quantitative estimate of drug-likeness (QED) is 0.244. The van der Waals surface area contributed by atoms with E-state index in [4.69, 9.17) is 34.8 Å². The van der Waals surface area contributed by atoms with E-state index in [1.807, 2.05) is 36.4 Å². The molecular weight excluding hydrogens is 589 g/mol. The molecule has 0 atom stereocenters. The van der Waals surface area contributed by atoms with Crippen molar-refractivity contribution in [2.24, 2.45) is 0 Å². The van der Waals surface area contributed by atoms with E-state index in [1.165, 1.54) is 29.3 Å². The number of benzene rings is 4. The first-order chi connectivity index (χ1) is 19.2. The van der Waals surface area contributed by atoms with Gasteiger partial charge in [-0.05, 0) is 41.5 Å². The van der Waals surface area contributed by atoms with Crippen molar-refractivity contribution in [3.63, 3.8) is 0 Å². The summed E-state index contributed by atoms with van der Waals surface area (Å²) >= 11 is 18.7. The fraction of sp³-hybridized carbons (Fsp3) is 0.167. The Balaban J connectivity index is 1.36. The molecule has 0 saturated carbocycles. The van der Waals surface area contributed by atoms with Crippen LogP contribution in [0.4, 0.5) is 5.69 Å². The van der Waals surface area contributed by atoms with Gasteiger partial charge in [0.05, 0.1) is 27.3 Å². The monoisotopic (exact) mass is 613 g/mol. The maximum absolute atomic E-state index is 13.6. The molecule has 40 heavy (non-hydrogen) atoms. The topological polar surface area (TPSA) is 69.7 Å². The van der Waals surface area contributed by atoms with Crippen molar-refractivity contribution in [3.05, 3.63) is 129 Å². The maximum atomic E-state index is 13.6. The molecule has 1 N–H and O–H groups in total. The zero-order valence-electron chi connectivity index (χ0n) is 21.3. The zero-order valence-corrected chi connectivity index (χ0v) is 24.4. The van der Waals surface area contributed by atoms with Gasteiger partial charge in [0, 0.05) is 31.2 Å². The highest BCUT2D eigenvalue weighted by molar-refractivity contribution is 7.92. The molecule has 206 valence electrons. The SMILES string of the molecule is O=C(c1cc(S(=O)(=O)Nc2cccc(Cl)c2)c(Cl)cc1Cl)N1CCN(C(c2ccccc2)c2ccccc2)CC1. The average Bonchev–Trinajstić information content (AvgIpc) is 2.94. The van der Waals surface area contributed by atoms with Gasteiger partial charge in [-0.15, -0.1) is 0 Å². The minimum Gasteiger partial charge on any atom is -0.336 e. The molecular formula is C30H26Cl3N3O3S. The second-order valence-corrected chi connectivity index (χ2v) is 12.3. The molecule has 0 unspecified atom stereocenters. The Morgan fingerprint density at radius 2 is 1.32 bits per heavy atom. The van der Waals surface area contributed by atoms with Gasteiger partial charge in [0.1, 0.15) is 4.90 Å². The number of nitrogens with zero attached hydrogens (tertiary/aromatic N) is 2. The van der Waals surface area contributed by atoms with Crippen LogP contribution < -0.4 is 4.72 Å². The minimum absolute atomic E-state index is 0.0491. The van der Waals surface area contributed by atoms with E-state index in [-0.39, 0.29) is 38.1 Å². The summed E-state index contributed by atoms with van der Waals surface area (Å²) in [6, 6.07) is 29.4. The third kappa shape index (κ3) is 6.29. The lowest BCUT2D eigenvalue weighted by molar-refractivity contribution is 0.0597. The van der Waals surface area contributed by atoms with Crippen molar-refractivity contribution in [2.75, 3.05) is 30.9 Å². The van der Waals surface area contributed by atoms with Crippen LogP contribution in [-0.4, -0.2) is 50.3 Å². The summed E-state index contributed by atoms with van der Waals surface area (Å²) in [7, 11) is -4.12. The molecule has 1 aliphatic heterocycles. The molecule has 1 fully saturated rings. The van der Waals surface area contributed by atoms with Gasteiger partial charge in [-0.25, -0.2) is 8.42 Å². The van der Waals surface area contributed by atoms with Crippen LogP contribution in [0.2, 0.25) is 15.1 Å². The van der Waals surface area contributed by atoms with E-state index < -0.39 is 10.0 Å². The van der Waals surface area contributed by atoms with Crippen molar-refractivity contribution in [3.8, 4) is 0 Å². The molecule has 1 heterocycles. The molecule has 10 heteroatoms. The Bertz CT molecular complexity index is 1570. The molecule has 6 nitrogen and oxygen atoms in total. The number of halogens is 3. The zero-order chi connectivity index (χ0) is 28.3. The highest BCUT2D eigenvalue weighted by Crippen LogP contribution is 2.33. The molecule has 1 saturated heterocycles. The molecule has 4 aromatic carbocycles. The Morgan fingerprint density at radius 3 is 1.90 bits per heavy atom. The van der Waals surface area contributed by atoms with Gasteiger partial charge in [-0.3, -0.25) is 14.4 Å². The van der Waals surface area contributed by atoms with Gasteiger partial charge in [0.25, 0.3) is 15.9 Å². The fourth-order valence-corrected chi connectivity index (χ4v) is 6.99. The summed E-state index contributed by atoms with van der Waals surface area (Å²) in [5, 5.41) is 0.374. The summed E-state index contributed by atoms with van der Waals surface area (Å²) in [6.45, 7) is 2.17. The number of carbonyl (C=O) groups is 1. The maximum Gasteiger partial charge on any atom is 0.263 e. The third-order valence-corrected chi connectivity index (χ3v) is 9.21. The predicted molar refractivity (Wildman–Crippen MR) is 161 cm³/mol. The molecule has 1 amide bonds. The van der Waals surface area contributed by atoms with Crippen molar-refractivity contribution in [2.45, 2.75) is 10.9 Å². The van der Waals surface area contributed by atoms with E-state index in [0.717, 1.165) is 0 Å². The van der Waals surface area contributed by atoms with Gasteiger partial charge in [-0.2, -0.15) is 0 Å². The van der Waals surface area contributed by atoms with E-state index >= 15 is 0 Å². The largest absolute Gasteiger partial charge is 0.336 e. The first-order valence-corrected chi connectivity index (χ1v) is 15.3. The molecule has 0 aliphatic carbocycles. The summed E-state index contributed by atoms with van der Waals surface area (Å²) in [5.74, 6) is -0.350. The summed E-state index contributed by atoms with van der Waals surface area (Å²) < 4.78 is 28.8. The van der Waals surface area contributed by atoms with Crippen LogP contribution in [-0.2, 0) is 10.0 Å². The second-order valence-electron chi connectivity index (χ2n) is 9.43. The predicted octanol–water partition coefficient (Wildman–Crippen LogP) is 7.00. The van der Waals surface area contributed by atoms with E-state index in [0.29, 0.717) is 31.2 Å². The van der Waals surface area contributed by atoms with E-state index in [2.05, 4.69) is 33.9 Å². The van der Waals surface area contributed by atoms with E-state index in [1.54, 1.807) is 23.1 Å². The molecule has 0 radical (unpaired) electrons. The van der Waals surface area contributed by atoms with Crippen LogP contribution >= 0.6 is 34.8 Å². The Morgan fingerprint density at radius 1 is 0.725 bits per heavy atom. The summed E-state index contributed by atoms with van der Waals surface area (Å²) in [6.07, 6.45) is 0. The Labute approximate surface area is 249 Å². The first-order valence-electron chi connectivity index (χ1n) is 12.6. The number of rotatable bonds is 7. The number of carbonyl (C=O) groups excluding carboxylic acids is 1. The van der Waals surface area contributed by atoms with Crippen molar-refractivity contribution >= 4 is 56.4 Å². The van der Waals surface area contributed by atoms with Gasteiger partial charge < -0.3 is 4.90 Å². The number of amides is 1. The molecule has 1 aliphatic rings. The second kappa shape index (κ2) is 12.2. The summed E-state index contributed by atoms with van der Waals surface area (Å²) in [4.78, 5) is 17.4. The highest BCUT2D eigenvalue weighted by atomic mass is 35.5. The number of hydrogen-bond acceptors (Lipinski definition) is 4. The molecule has 0 spiro atoms. The standard InChI is InChI=1S/C30H26Cl3N3O3S/c31-23-12-7-13-24(18-23)34-40(38,39)28-19-25(26(32)20-27(28)33)30(37)36-16-14-35(15-17-36)29(21-8-3-1-4-9-21)22-10-5-2-6-11-22/h1-13,18-20,29,34H,14-17H2. The van der Waals surface area contributed by atoms with Crippen LogP contribution in [0.15, 0.2) is 102 Å². The van der Waals surface area contributed by atoms with Crippen molar-refractivity contribution in [1.82, 2.24) is 9.80 Å². The van der Waals surface area contributed by atoms with Gasteiger partial charge >= 0.3 is 0 Å². The van der Waals surface area contributed by atoms with Gasteiger partial charge in [0.15, 0.2) is 0 Å². The van der Waals surface area contributed by atoms with Gasteiger partial charge in [0.2, 0.25) is 0 Å². The highest BCUT2D eigenvalue weighted by Gasteiger charge is 2.30. The number of hydrogen-bond donors (Lipinski definition) is 1. The number of nitrogens with one attached hydrogen (secondary N) is 1. The van der Waals surface area contributed by atoms with E-state index in [9.17, 15) is 13.2 Å². The molecule has 0 bridgehead atoms. The van der Waals surface area contributed by atoms with Crippen molar-refractivity contribution < 1.29 is 13.2 Å². The lowest BCUT2D eigenvalue weighted by Gasteiger charge is -2.40. The van der Waals surface area contributed by atoms with Gasteiger partial charge in [-0.1, -0.05) is 102 Å². The smallest absolute Gasteiger partial charge is 0.263 e. The van der Waals surface area contributed by atoms with Crippen molar-refractivity contribution in [1.29, 1.82) is 0 Å². The third-order valence-electron chi connectivity index (χ3n) is 6.82. The molecule has 5 rings (SSSR count). The van der Waals surface area contributed by atoms with Crippen LogP contribution in [0.5, 0.6) is 0 Å². The summed E-state index contributed by atoms with van der Waals surface area (Å²) in [5.41, 5.74) is 2.70. The number of piperazine rings is 1. The molecule has 4 aromatic rings. The van der Waals surface area contributed by atoms with Crippen LogP contribution in [0.3, 0.4) is 0 Å². The average molecular weight is 615 g/mol. The number of sulfonamides is 1. The lowest BCUT2D eigenvalue weighted by atomic mass is 9.96. The lowest BCUT2D eigenvalue weighted by Crippen LogP contribution is -2.50. The van der Waals surface area contributed by atoms with Crippen LogP contribution in [0.25, 0.3) is 0 Å². The first kappa shape index (κ1) is 28.5. The number of anilines is 1. The van der Waals surface area contributed by atoms with Crippen LogP contribution in [0, 0.1) is 0 Å². The normalized spacial score (nSPS) is 14.3. The Hall–Kier alpha value is -3.07. The molecule has 0 aromatic heterocycles. The minimum atomic E-state index is -4.12.